The van der Waals surface area contributed by atoms with Crippen molar-refractivity contribution in [3.05, 3.63) is 89.2 Å². The first-order valence-electron chi connectivity index (χ1n) is 10.9. The van der Waals surface area contributed by atoms with Gasteiger partial charge in [-0.25, -0.2) is 9.97 Å². The molecule has 4 aromatic rings. The van der Waals surface area contributed by atoms with Crippen LogP contribution in [-0.4, -0.2) is 30.1 Å². The Balaban J connectivity index is 1.55. The van der Waals surface area contributed by atoms with Crippen LogP contribution < -0.4 is 20.1 Å². The first kappa shape index (κ1) is 24.8. The molecule has 0 bridgehead atoms. The van der Waals surface area contributed by atoms with Crippen LogP contribution in [-0.2, 0) is 19.3 Å². The fraction of sp³-hybridized carbons (Fsp3) is 0.192. The van der Waals surface area contributed by atoms with E-state index in [0.29, 0.717) is 45.2 Å². The summed E-state index contributed by atoms with van der Waals surface area (Å²) in [5.74, 6) is 1.10. The predicted molar refractivity (Wildman–Crippen MR) is 129 cm³/mol. The molecule has 0 fully saturated rings. The molecule has 0 aliphatic rings. The largest absolute Gasteiger partial charge is 0.493 e. The number of methoxy groups -OCH3 is 2. The lowest BCUT2D eigenvalue weighted by atomic mass is 10.1. The minimum absolute atomic E-state index is 0.0161. The molecular weight excluding hydrogens is 473 g/mol. The van der Waals surface area contributed by atoms with Crippen molar-refractivity contribution in [1.82, 2.24) is 15.3 Å². The first-order valence-corrected chi connectivity index (χ1v) is 10.9. The molecule has 1 amide bonds. The van der Waals surface area contributed by atoms with Gasteiger partial charge in [-0.1, -0.05) is 30.3 Å². The summed E-state index contributed by atoms with van der Waals surface area (Å²) in [7, 11) is 2.93. The third-order valence-corrected chi connectivity index (χ3v) is 5.42. The number of amides is 1. The zero-order chi connectivity index (χ0) is 25.7. The van der Waals surface area contributed by atoms with Gasteiger partial charge in [0.25, 0.3) is 5.91 Å². The lowest BCUT2D eigenvalue weighted by Crippen LogP contribution is -2.24. The number of carbonyl (C=O) groups is 1. The zero-order valence-electron chi connectivity index (χ0n) is 19.5. The van der Waals surface area contributed by atoms with Gasteiger partial charge >= 0.3 is 6.18 Å². The number of alkyl halides is 3. The van der Waals surface area contributed by atoms with Gasteiger partial charge in [0.05, 0.1) is 37.4 Å². The van der Waals surface area contributed by atoms with Crippen LogP contribution in [0.2, 0.25) is 0 Å². The van der Waals surface area contributed by atoms with Crippen LogP contribution in [0.5, 0.6) is 11.5 Å². The number of halogens is 3. The highest BCUT2D eigenvalue weighted by molar-refractivity contribution is 5.97. The minimum atomic E-state index is -4.42. The molecule has 0 atom stereocenters. The summed E-state index contributed by atoms with van der Waals surface area (Å²) in [6, 6.07) is 17.3. The Kier molecular flexibility index (Phi) is 7.23. The van der Waals surface area contributed by atoms with Crippen LogP contribution in [0.3, 0.4) is 0 Å². The normalized spacial score (nSPS) is 11.2. The first-order chi connectivity index (χ1) is 17.3. The van der Waals surface area contributed by atoms with Gasteiger partial charge in [0.1, 0.15) is 5.82 Å². The van der Waals surface area contributed by atoms with Crippen molar-refractivity contribution in [3.63, 3.8) is 0 Å². The average Bonchev–Trinajstić information content (AvgIpc) is 2.89. The van der Waals surface area contributed by atoms with Crippen LogP contribution >= 0.6 is 0 Å². The van der Waals surface area contributed by atoms with Crippen molar-refractivity contribution in [2.45, 2.75) is 19.3 Å². The Morgan fingerprint density at radius 3 is 2.44 bits per heavy atom. The lowest BCUT2D eigenvalue weighted by Gasteiger charge is -2.14. The number of nitrogens with one attached hydrogen (secondary N) is 2. The Hall–Kier alpha value is -4.34. The second-order valence-electron chi connectivity index (χ2n) is 7.78. The van der Waals surface area contributed by atoms with Crippen LogP contribution in [0.25, 0.3) is 10.9 Å². The molecule has 1 heterocycles. The molecule has 7 nitrogen and oxygen atoms in total. The van der Waals surface area contributed by atoms with Gasteiger partial charge in [-0.05, 0) is 42.0 Å². The second-order valence-corrected chi connectivity index (χ2v) is 7.78. The van der Waals surface area contributed by atoms with E-state index in [4.69, 9.17) is 9.47 Å². The van der Waals surface area contributed by atoms with Crippen molar-refractivity contribution < 1.29 is 27.4 Å². The molecule has 0 spiro atoms. The standard InChI is InChI=1S/C26H23F3N4O3/c1-35-21-12-6-10-19(23(21)36-2)25(34)31-15-22-32-20-11-4-3-9-18(20)24(33-22)30-14-16-7-5-8-17(13-16)26(27,28)29/h3-13H,14-15H2,1-2H3,(H,31,34)(H,30,32,33). The molecule has 36 heavy (non-hydrogen) atoms. The quantitative estimate of drug-likeness (QED) is 0.349. The Labute approximate surface area is 205 Å². The average molecular weight is 496 g/mol. The van der Waals surface area contributed by atoms with E-state index >= 15 is 0 Å². The third kappa shape index (κ3) is 5.48. The SMILES string of the molecule is COc1cccc(C(=O)NCc2nc(NCc3cccc(C(F)(F)F)c3)c3ccccc3n2)c1OC. The van der Waals surface area contributed by atoms with E-state index < -0.39 is 17.6 Å². The molecule has 186 valence electrons. The molecular formula is C26H23F3N4O3. The van der Waals surface area contributed by atoms with Gasteiger partial charge in [0.15, 0.2) is 17.3 Å². The number of ether oxygens (including phenoxy) is 2. The number of hydrogen-bond acceptors (Lipinski definition) is 6. The highest BCUT2D eigenvalue weighted by atomic mass is 19.4. The third-order valence-electron chi connectivity index (χ3n) is 5.42. The van der Waals surface area contributed by atoms with E-state index in [9.17, 15) is 18.0 Å². The van der Waals surface area contributed by atoms with Crippen LogP contribution in [0.1, 0.15) is 27.3 Å². The molecule has 0 aliphatic carbocycles. The Morgan fingerprint density at radius 2 is 1.69 bits per heavy atom. The van der Waals surface area contributed by atoms with E-state index in [-0.39, 0.29) is 13.1 Å². The van der Waals surface area contributed by atoms with Crippen molar-refractivity contribution >= 4 is 22.6 Å². The maximum Gasteiger partial charge on any atom is 0.416 e. The van der Waals surface area contributed by atoms with Gasteiger partial charge in [-0.3, -0.25) is 4.79 Å². The van der Waals surface area contributed by atoms with Crippen molar-refractivity contribution in [3.8, 4) is 11.5 Å². The van der Waals surface area contributed by atoms with Gasteiger partial charge in [-0.15, -0.1) is 0 Å². The second kappa shape index (κ2) is 10.5. The number of carbonyl (C=O) groups excluding carboxylic acids is 1. The highest BCUT2D eigenvalue weighted by Crippen LogP contribution is 2.31. The fourth-order valence-corrected chi connectivity index (χ4v) is 3.70. The smallest absolute Gasteiger partial charge is 0.416 e. The van der Waals surface area contributed by atoms with Gasteiger partial charge in [-0.2, -0.15) is 13.2 Å². The lowest BCUT2D eigenvalue weighted by molar-refractivity contribution is -0.137. The fourth-order valence-electron chi connectivity index (χ4n) is 3.70. The molecule has 0 saturated heterocycles. The monoisotopic (exact) mass is 496 g/mol. The summed E-state index contributed by atoms with van der Waals surface area (Å²) < 4.78 is 49.8. The Bertz CT molecular complexity index is 1390. The van der Waals surface area contributed by atoms with Crippen molar-refractivity contribution in [2.24, 2.45) is 0 Å². The predicted octanol–water partition coefficient (Wildman–Crippen LogP) is 5.21. The van der Waals surface area contributed by atoms with Crippen molar-refractivity contribution in [2.75, 3.05) is 19.5 Å². The summed E-state index contributed by atoms with van der Waals surface area (Å²) >= 11 is 0. The van der Waals surface area contributed by atoms with Crippen molar-refractivity contribution in [1.29, 1.82) is 0 Å². The summed E-state index contributed by atoms with van der Waals surface area (Å²) in [4.78, 5) is 21.9. The zero-order valence-corrected chi connectivity index (χ0v) is 19.5. The number of rotatable bonds is 8. The van der Waals surface area contributed by atoms with Crippen LogP contribution in [0, 0.1) is 0 Å². The molecule has 0 saturated carbocycles. The van der Waals surface area contributed by atoms with Crippen LogP contribution in [0.4, 0.5) is 19.0 Å². The topological polar surface area (TPSA) is 85.4 Å². The molecule has 3 aromatic carbocycles. The summed E-state index contributed by atoms with van der Waals surface area (Å²) in [6.45, 7) is 0.139. The summed E-state index contributed by atoms with van der Waals surface area (Å²) in [6.07, 6.45) is -4.42. The number of benzene rings is 3. The van der Waals surface area contributed by atoms with E-state index in [0.717, 1.165) is 12.1 Å². The number of para-hydroxylation sites is 2. The molecule has 10 heteroatoms. The molecule has 4 rings (SSSR count). The number of aromatic nitrogens is 2. The van der Waals surface area contributed by atoms with E-state index in [2.05, 4.69) is 20.6 Å². The summed E-state index contributed by atoms with van der Waals surface area (Å²) in [5.41, 5.74) is 0.654. The molecule has 0 aliphatic heterocycles. The van der Waals surface area contributed by atoms with Gasteiger partial charge in [0.2, 0.25) is 0 Å². The number of anilines is 1. The highest BCUT2D eigenvalue weighted by Gasteiger charge is 2.30. The number of nitrogens with zero attached hydrogens (tertiary/aromatic N) is 2. The van der Waals surface area contributed by atoms with E-state index in [1.165, 1.54) is 20.3 Å². The Morgan fingerprint density at radius 1 is 0.917 bits per heavy atom. The number of hydrogen-bond donors (Lipinski definition) is 2. The maximum absolute atomic E-state index is 13.1. The van der Waals surface area contributed by atoms with Gasteiger partial charge in [0, 0.05) is 11.9 Å². The maximum atomic E-state index is 13.1. The molecule has 2 N–H and O–H groups in total. The minimum Gasteiger partial charge on any atom is -0.493 e. The molecule has 0 radical (unpaired) electrons. The summed E-state index contributed by atoms with van der Waals surface area (Å²) in [5, 5.41) is 6.59. The number of fused-ring (bicyclic) bond motifs is 1. The van der Waals surface area contributed by atoms with Crippen LogP contribution in [0.15, 0.2) is 66.7 Å². The molecule has 1 aromatic heterocycles. The van der Waals surface area contributed by atoms with E-state index in [1.807, 2.05) is 18.2 Å². The van der Waals surface area contributed by atoms with Gasteiger partial charge < -0.3 is 20.1 Å². The van der Waals surface area contributed by atoms with E-state index in [1.54, 1.807) is 30.3 Å². The molecule has 0 unspecified atom stereocenters.